The van der Waals surface area contributed by atoms with Crippen molar-refractivity contribution in [3.8, 4) is 16.8 Å². The number of aromatic nitrogens is 1. The molecule has 1 nitrogen and oxygen atoms in total. The fourth-order valence-electron chi connectivity index (χ4n) is 17.9. The van der Waals surface area contributed by atoms with Crippen molar-refractivity contribution in [2.24, 2.45) is 71.0 Å². The van der Waals surface area contributed by atoms with Gasteiger partial charge in [-0.3, -0.25) is 0 Å². The number of nitrogens with zero attached hydrogens (tertiary/aromatic N) is 1. The van der Waals surface area contributed by atoms with Crippen LogP contribution in [0.25, 0.3) is 58.8 Å². The standard InChI is InChI=1S/C60H65NS/c1-3-17-43-41(15-1)42-16-2-4-18-44(42)53-35-55-47-29-27-37(32-51(47)45-19-5-6-20-46(45)54(55)34-52(43)53)36-13-11-14-38(31-36)40-23-12-24-50-56-33-39(28-30-59(56)62-60(40)50)61-57-25-9-7-21-48(57)49-22-8-10-26-58(49)61/h7-14,21-26,28,30-31,33,37,41-47,51-55H,1-6,15-20,27,29,32,34-35H2. The molecule has 7 aliphatic rings. The molecule has 0 saturated heterocycles. The Bertz CT molecular complexity index is 2770. The first kappa shape index (κ1) is 37.5. The molecule has 7 fully saturated rings. The van der Waals surface area contributed by atoms with Crippen LogP contribution < -0.4 is 0 Å². The van der Waals surface area contributed by atoms with E-state index in [4.69, 9.17) is 0 Å². The van der Waals surface area contributed by atoms with Gasteiger partial charge in [0, 0.05) is 36.6 Å². The largest absolute Gasteiger partial charge is 0.309 e. The van der Waals surface area contributed by atoms with E-state index in [1.54, 1.807) is 69.8 Å². The van der Waals surface area contributed by atoms with Crippen LogP contribution in [0.2, 0.25) is 0 Å². The second-order valence-electron chi connectivity index (χ2n) is 22.3. The average molecular weight is 832 g/mol. The number of para-hydroxylation sites is 2. The van der Waals surface area contributed by atoms with Gasteiger partial charge in [0.2, 0.25) is 0 Å². The minimum absolute atomic E-state index is 0.711. The molecule has 7 aliphatic carbocycles. The molecular formula is C60H65NS. The first-order chi connectivity index (χ1) is 30.7. The molecule has 0 aliphatic heterocycles. The Hall–Kier alpha value is -3.88. The molecule has 2 heterocycles. The van der Waals surface area contributed by atoms with Crippen molar-refractivity contribution in [1.82, 2.24) is 4.57 Å². The zero-order chi connectivity index (χ0) is 40.5. The minimum Gasteiger partial charge on any atom is -0.309 e. The molecule has 13 atom stereocenters. The molecule has 0 radical (unpaired) electrons. The summed E-state index contributed by atoms with van der Waals surface area (Å²) in [7, 11) is 0. The Balaban J connectivity index is 0.775. The van der Waals surface area contributed by atoms with E-state index in [2.05, 4.69) is 114 Å². The first-order valence-corrected chi connectivity index (χ1v) is 26.6. The SMILES string of the molecule is c1cc(-c2cccc3c2sc2ccc(-n4c5ccccc5c5ccccc54)cc23)cc(C2CCC3C(C2)C2CCCCC2C2CC4C5CCCCC5C5CCCCC5C4CC32)c1. The highest BCUT2D eigenvalue weighted by Crippen LogP contribution is 2.68. The van der Waals surface area contributed by atoms with E-state index in [1.807, 2.05) is 11.3 Å². The van der Waals surface area contributed by atoms with Gasteiger partial charge < -0.3 is 4.57 Å². The molecule has 7 aromatic rings. The molecule has 0 N–H and O–H groups in total. The lowest BCUT2D eigenvalue weighted by Gasteiger charge is -2.65. The van der Waals surface area contributed by atoms with Gasteiger partial charge in [-0.2, -0.15) is 0 Å². The number of fused-ring (bicyclic) bond motifs is 18. The predicted molar refractivity (Wildman–Crippen MR) is 262 cm³/mol. The lowest BCUT2D eigenvalue weighted by Crippen LogP contribution is -2.57. The Morgan fingerprint density at radius 3 is 1.52 bits per heavy atom. The molecule has 0 bridgehead atoms. The smallest absolute Gasteiger partial charge is 0.0541 e. The molecule has 316 valence electrons. The van der Waals surface area contributed by atoms with Crippen molar-refractivity contribution in [3.63, 3.8) is 0 Å². The van der Waals surface area contributed by atoms with Crippen molar-refractivity contribution in [2.45, 2.75) is 115 Å². The third-order valence-electron chi connectivity index (χ3n) is 20.1. The highest BCUT2D eigenvalue weighted by Gasteiger charge is 2.59. The number of benzene rings is 5. The van der Waals surface area contributed by atoms with Crippen LogP contribution in [0.4, 0.5) is 0 Å². The average Bonchev–Trinajstić information content (AvgIpc) is 3.89. The summed E-state index contributed by atoms with van der Waals surface area (Å²) < 4.78 is 5.28. The van der Waals surface area contributed by atoms with Crippen LogP contribution in [0, 0.1) is 71.0 Å². The third kappa shape index (κ3) is 5.69. The van der Waals surface area contributed by atoms with E-state index >= 15 is 0 Å². The zero-order valence-corrected chi connectivity index (χ0v) is 37.6. The monoisotopic (exact) mass is 831 g/mol. The van der Waals surface area contributed by atoms with Gasteiger partial charge in [-0.25, -0.2) is 0 Å². The van der Waals surface area contributed by atoms with E-state index in [1.165, 1.54) is 104 Å². The van der Waals surface area contributed by atoms with Gasteiger partial charge in [0.1, 0.15) is 0 Å². The first-order valence-electron chi connectivity index (χ1n) is 25.8. The van der Waals surface area contributed by atoms with Gasteiger partial charge in [0.15, 0.2) is 0 Å². The molecule has 62 heavy (non-hydrogen) atoms. The Kier molecular flexibility index (Phi) is 8.97. The van der Waals surface area contributed by atoms with E-state index < -0.39 is 0 Å². The molecule has 0 amide bonds. The summed E-state index contributed by atoms with van der Waals surface area (Å²) in [4.78, 5) is 0. The normalized spacial score (nSPS) is 35.5. The van der Waals surface area contributed by atoms with Gasteiger partial charge in [-0.1, -0.05) is 117 Å². The van der Waals surface area contributed by atoms with Gasteiger partial charge >= 0.3 is 0 Å². The highest BCUT2D eigenvalue weighted by molar-refractivity contribution is 7.26. The molecule has 5 aromatic carbocycles. The molecule has 0 spiro atoms. The van der Waals surface area contributed by atoms with Crippen LogP contribution in [-0.4, -0.2) is 4.57 Å². The van der Waals surface area contributed by atoms with Crippen LogP contribution in [0.5, 0.6) is 0 Å². The Labute approximate surface area is 373 Å². The third-order valence-corrected chi connectivity index (χ3v) is 21.3. The summed E-state index contributed by atoms with van der Waals surface area (Å²) in [5.74, 6) is 13.4. The molecule has 7 saturated carbocycles. The van der Waals surface area contributed by atoms with Crippen LogP contribution in [0.15, 0.2) is 109 Å². The van der Waals surface area contributed by atoms with E-state index in [9.17, 15) is 0 Å². The van der Waals surface area contributed by atoms with Crippen molar-refractivity contribution < 1.29 is 0 Å². The summed E-state index contributed by atoms with van der Waals surface area (Å²) in [6.45, 7) is 0. The van der Waals surface area contributed by atoms with Crippen molar-refractivity contribution in [2.75, 3.05) is 0 Å². The minimum atomic E-state index is 0.711. The highest BCUT2D eigenvalue weighted by atomic mass is 32.1. The number of rotatable bonds is 3. The maximum absolute atomic E-state index is 2.65. The number of thiophene rings is 1. The maximum Gasteiger partial charge on any atom is 0.0541 e. The fraction of sp³-hybridized carbons (Fsp3) is 0.500. The molecule has 13 unspecified atom stereocenters. The van der Waals surface area contributed by atoms with Crippen LogP contribution in [0.3, 0.4) is 0 Å². The quantitative estimate of drug-likeness (QED) is 0.167. The fourth-order valence-corrected chi connectivity index (χ4v) is 19.1. The molecule has 2 heteroatoms. The summed E-state index contributed by atoms with van der Waals surface area (Å²) >= 11 is 1.99. The van der Waals surface area contributed by atoms with E-state index in [0.717, 1.165) is 71.0 Å². The van der Waals surface area contributed by atoms with Gasteiger partial charge in [-0.15, -0.1) is 11.3 Å². The van der Waals surface area contributed by atoms with Gasteiger partial charge in [0.05, 0.1) is 11.0 Å². The summed E-state index contributed by atoms with van der Waals surface area (Å²) in [6.07, 6.45) is 26.3. The molecule has 2 aromatic heterocycles. The lowest BCUT2D eigenvalue weighted by atomic mass is 9.40. The summed E-state index contributed by atoms with van der Waals surface area (Å²) in [5.41, 5.74) is 8.26. The topological polar surface area (TPSA) is 4.93 Å². The van der Waals surface area contributed by atoms with Crippen molar-refractivity contribution in [1.29, 1.82) is 0 Å². The lowest BCUT2D eigenvalue weighted by molar-refractivity contribution is -0.155. The molecule has 14 rings (SSSR count). The van der Waals surface area contributed by atoms with Crippen LogP contribution in [-0.2, 0) is 0 Å². The van der Waals surface area contributed by atoms with Crippen LogP contribution >= 0.6 is 11.3 Å². The zero-order valence-electron chi connectivity index (χ0n) is 36.8. The second-order valence-corrected chi connectivity index (χ2v) is 23.3. The number of hydrogen-bond donors (Lipinski definition) is 0. The van der Waals surface area contributed by atoms with Gasteiger partial charge in [-0.05, 0) is 195 Å². The Morgan fingerprint density at radius 1 is 0.387 bits per heavy atom. The van der Waals surface area contributed by atoms with Gasteiger partial charge in [0.25, 0.3) is 0 Å². The van der Waals surface area contributed by atoms with E-state index in [-0.39, 0.29) is 0 Å². The van der Waals surface area contributed by atoms with Crippen LogP contribution in [0.1, 0.15) is 121 Å². The summed E-state index contributed by atoms with van der Waals surface area (Å²) in [5, 5.41) is 5.41. The number of hydrogen-bond acceptors (Lipinski definition) is 1. The predicted octanol–water partition coefficient (Wildman–Crippen LogP) is 17.0. The Morgan fingerprint density at radius 2 is 0.903 bits per heavy atom. The van der Waals surface area contributed by atoms with Crippen molar-refractivity contribution in [3.05, 3.63) is 115 Å². The molecular weight excluding hydrogens is 767 g/mol. The maximum atomic E-state index is 2.65. The second kappa shape index (κ2) is 14.8. The van der Waals surface area contributed by atoms with Crippen molar-refractivity contribution >= 4 is 53.3 Å². The van der Waals surface area contributed by atoms with E-state index in [0.29, 0.717) is 5.92 Å². The summed E-state index contributed by atoms with van der Waals surface area (Å²) in [6, 6.07) is 42.1.